The monoisotopic (exact) mass is 327 g/mol. The highest BCUT2D eigenvalue weighted by molar-refractivity contribution is 6.01. The van der Waals surface area contributed by atoms with Gasteiger partial charge in [0.05, 0.1) is 18.4 Å². The number of rotatable bonds is 2. The van der Waals surface area contributed by atoms with Crippen LogP contribution in [-0.4, -0.2) is 17.7 Å². The predicted octanol–water partition coefficient (Wildman–Crippen LogP) is 4.11. The number of carboxylic acids is 1. The lowest BCUT2D eigenvalue weighted by molar-refractivity contribution is -0.132. The lowest BCUT2D eigenvalue weighted by Gasteiger charge is -2.33. The smallest absolute Gasteiger partial charge is 0.336 e. The summed E-state index contributed by atoms with van der Waals surface area (Å²) < 4.78 is 4.89. The van der Waals surface area contributed by atoms with E-state index >= 15 is 0 Å². The van der Waals surface area contributed by atoms with Gasteiger partial charge in [-0.2, -0.15) is 0 Å². The summed E-state index contributed by atoms with van der Waals surface area (Å²) in [5.74, 6) is -0.926. The summed E-state index contributed by atoms with van der Waals surface area (Å²) in [7, 11) is 0. The van der Waals surface area contributed by atoms with Crippen LogP contribution >= 0.6 is 0 Å². The number of hydrogen-bond donors (Lipinski definition) is 2. The summed E-state index contributed by atoms with van der Waals surface area (Å²) in [6.07, 6.45) is 8.45. The number of carboxylic acid groups (broad SMARTS) is 1. The molecule has 0 bridgehead atoms. The topological polar surface area (TPSA) is 72.5 Å². The number of benzene rings is 1. The molecule has 24 heavy (non-hydrogen) atoms. The van der Waals surface area contributed by atoms with Gasteiger partial charge >= 0.3 is 5.97 Å². The van der Waals surface area contributed by atoms with Crippen LogP contribution in [0.5, 0.6) is 0 Å². The Kier molecular flexibility index (Phi) is 5.85. The molecule has 1 aliphatic carbocycles. The van der Waals surface area contributed by atoms with Crippen LogP contribution in [0.25, 0.3) is 5.57 Å². The quantitative estimate of drug-likeness (QED) is 0.857. The molecule has 3 N–H and O–H groups in total. The van der Waals surface area contributed by atoms with Crippen LogP contribution < -0.4 is 5.73 Å². The standard InChI is InChI=1S/C15H17NO2.C5H8O/c1-15(2)9-11(16)8-12(14(17)18)13(15)10-6-4-3-5-7-10;1-2-4-6-5-3-1/h3-8H,9,16H2,1-2H3,(H,17,18);2,4H,1,3,5H2. The number of nitrogens with two attached hydrogens (primary N) is 1. The molecule has 4 nitrogen and oxygen atoms in total. The third-order valence-corrected chi connectivity index (χ3v) is 4.04. The van der Waals surface area contributed by atoms with Crippen LogP contribution in [0, 0.1) is 5.41 Å². The Labute approximate surface area is 143 Å². The van der Waals surface area contributed by atoms with Gasteiger partial charge in [-0.05, 0) is 48.0 Å². The maximum Gasteiger partial charge on any atom is 0.336 e. The van der Waals surface area contributed by atoms with Gasteiger partial charge in [-0.15, -0.1) is 0 Å². The van der Waals surface area contributed by atoms with Crippen LogP contribution in [0.3, 0.4) is 0 Å². The lowest BCUT2D eigenvalue weighted by Crippen LogP contribution is -2.25. The Hall–Kier alpha value is -2.49. The van der Waals surface area contributed by atoms with E-state index in [9.17, 15) is 9.90 Å². The van der Waals surface area contributed by atoms with E-state index in [0.717, 1.165) is 17.7 Å². The van der Waals surface area contributed by atoms with Gasteiger partial charge in [0.1, 0.15) is 0 Å². The highest BCUT2D eigenvalue weighted by Crippen LogP contribution is 2.44. The fraction of sp³-hybridized carbons (Fsp3) is 0.350. The second kappa shape index (κ2) is 7.86. The van der Waals surface area contributed by atoms with Crippen LogP contribution in [0.4, 0.5) is 0 Å². The largest absolute Gasteiger partial charge is 0.502 e. The van der Waals surface area contributed by atoms with E-state index in [1.165, 1.54) is 12.8 Å². The molecule has 1 aromatic carbocycles. The van der Waals surface area contributed by atoms with E-state index in [2.05, 4.69) is 0 Å². The Morgan fingerprint density at radius 2 is 1.96 bits per heavy atom. The maximum absolute atomic E-state index is 11.4. The molecule has 0 fully saturated rings. The first kappa shape index (κ1) is 17.9. The van der Waals surface area contributed by atoms with Gasteiger partial charge in [0, 0.05) is 5.70 Å². The van der Waals surface area contributed by atoms with Gasteiger partial charge in [0.25, 0.3) is 0 Å². The molecular weight excluding hydrogens is 302 g/mol. The third-order valence-electron chi connectivity index (χ3n) is 4.04. The van der Waals surface area contributed by atoms with Crippen molar-refractivity contribution in [3.05, 3.63) is 65.6 Å². The maximum atomic E-state index is 11.4. The zero-order valence-electron chi connectivity index (χ0n) is 14.3. The van der Waals surface area contributed by atoms with Crippen LogP contribution in [-0.2, 0) is 9.53 Å². The van der Waals surface area contributed by atoms with Gasteiger partial charge in [-0.1, -0.05) is 44.2 Å². The number of hydrogen-bond acceptors (Lipinski definition) is 3. The minimum absolute atomic E-state index is 0.270. The van der Waals surface area contributed by atoms with Gasteiger partial charge in [0.2, 0.25) is 0 Å². The molecular formula is C20H25NO3. The van der Waals surface area contributed by atoms with Gasteiger partial charge in [-0.3, -0.25) is 0 Å². The van der Waals surface area contributed by atoms with E-state index in [1.54, 1.807) is 12.3 Å². The summed E-state index contributed by atoms with van der Waals surface area (Å²) in [5, 5.41) is 9.36. The molecule has 0 saturated heterocycles. The van der Waals surface area contributed by atoms with Crippen LogP contribution in [0.2, 0.25) is 0 Å². The van der Waals surface area contributed by atoms with Crippen molar-refractivity contribution in [3.8, 4) is 0 Å². The summed E-state index contributed by atoms with van der Waals surface area (Å²) in [6.45, 7) is 4.97. The van der Waals surface area contributed by atoms with Crippen molar-refractivity contribution in [1.29, 1.82) is 0 Å². The molecule has 0 spiro atoms. The Balaban J connectivity index is 0.000000292. The van der Waals surface area contributed by atoms with Crippen molar-refractivity contribution in [2.45, 2.75) is 33.1 Å². The zero-order chi connectivity index (χ0) is 17.6. The number of carbonyl (C=O) groups is 1. The van der Waals surface area contributed by atoms with Crippen molar-refractivity contribution < 1.29 is 14.6 Å². The average molecular weight is 327 g/mol. The first-order valence-corrected chi connectivity index (χ1v) is 8.18. The van der Waals surface area contributed by atoms with Crippen molar-refractivity contribution in [3.63, 3.8) is 0 Å². The van der Waals surface area contributed by atoms with Gasteiger partial charge in [-0.25, -0.2) is 4.79 Å². The summed E-state index contributed by atoms with van der Waals surface area (Å²) in [6, 6.07) is 9.63. The van der Waals surface area contributed by atoms with Crippen LogP contribution in [0.15, 0.2) is 60.0 Å². The minimum Gasteiger partial charge on any atom is -0.502 e. The third kappa shape index (κ3) is 4.51. The zero-order valence-corrected chi connectivity index (χ0v) is 14.3. The molecule has 0 atom stereocenters. The fourth-order valence-corrected chi connectivity index (χ4v) is 3.08. The molecule has 128 valence electrons. The van der Waals surface area contributed by atoms with Crippen LogP contribution in [0.1, 0.15) is 38.7 Å². The van der Waals surface area contributed by atoms with Crippen molar-refractivity contribution >= 4 is 11.5 Å². The first-order chi connectivity index (χ1) is 11.4. The second-order valence-corrected chi connectivity index (χ2v) is 6.62. The van der Waals surface area contributed by atoms with E-state index < -0.39 is 5.97 Å². The van der Waals surface area contributed by atoms with Gasteiger partial charge in [0.15, 0.2) is 0 Å². The van der Waals surface area contributed by atoms with E-state index in [4.69, 9.17) is 10.5 Å². The van der Waals surface area contributed by atoms with E-state index in [1.807, 2.05) is 50.3 Å². The molecule has 4 heteroatoms. The van der Waals surface area contributed by atoms with Gasteiger partial charge < -0.3 is 15.6 Å². The average Bonchev–Trinajstić information content (AvgIpc) is 2.56. The first-order valence-electron chi connectivity index (χ1n) is 8.18. The molecule has 1 aromatic rings. The Bertz CT molecular complexity index is 661. The number of allylic oxidation sites excluding steroid dienone is 3. The van der Waals surface area contributed by atoms with Crippen molar-refractivity contribution in [2.24, 2.45) is 11.1 Å². The summed E-state index contributed by atoms with van der Waals surface area (Å²) in [5.41, 5.74) is 8.30. The Morgan fingerprint density at radius 1 is 1.25 bits per heavy atom. The molecule has 0 saturated carbocycles. The molecule has 3 rings (SSSR count). The Morgan fingerprint density at radius 3 is 2.42 bits per heavy atom. The highest BCUT2D eigenvalue weighted by Gasteiger charge is 2.33. The normalized spacial score (nSPS) is 18.8. The SMILES string of the molecule is C1=COCCC1.CC1(C)CC(N)=CC(C(=O)O)=C1c1ccccc1. The fourth-order valence-electron chi connectivity index (χ4n) is 3.08. The molecule has 1 heterocycles. The van der Waals surface area contributed by atoms with Crippen molar-refractivity contribution in [2.75, 3.05) is 6.61 Å². The summed E-state index contributed by atoms with van der Waals surface area (Å²) >= 11 is 0. The van der Waals surface area contributed by atoms with E-state index in [0.29, 0.717) is 17.7 Å². The lowest BCUT2D eigenvalue weighted by atomic mass is 9.71. The second-order valence-electron chi connectivity index (χ2n) is 6.62. The minimum atomic E-state index is -0.926. The molecule has 0 amide bonds. The molecule has 2 aliphatic rings. The molecule has 0 aromatic heterocycles. The molecule has 0 unspecified atom stereocenters. The van der Waals surface area contributed by atoms with E-state index in [-0.39, 0.29) is 5.41 Å². The highest BCUT2D eigenvalue weighted by atomic mass is 16.5. The number of aliphatic carboxylic acids is 1. The molecule has 0 radical (unpaired) electrons. The molecule has 1 aliphatic heterocycles. The number of ether oxygens (including phenoxy) is 1. The van der Waals surface area contributed by atoms with Crippen molar-refractivity contribution in [1.82, 2.24) is 0 Å². The predicted molar refractivity (Wildman–Crippen MR) is 96.0 cm³/mol. The summed E-state index contributed by atoms with van der Waals surface area (Å²) in [4.78, 5) is 11.4.